The molecule has 3 nitrogen and oxygen atoms in total. The number of hydrogen-bond donors (Lipinski definition) is 0. The van der Waals surface area contributed by atoms with Gasteiger partial charge in [-0.3, -0.25) is 4.90 Å². The smallest absolute Gasteiger partial charge is 0.142 e. The van der Waals surface area contributed by atoms with Crippen molar-refractivity contribution in [2.24, 2.45) is 0 Å². The van der Waals surface area contributed by atoms with Crippen molar-refractivity contribution < 1.29 is 9.47 Å². The average Bonchev–Trinajstić information content (AvgIpc) is 2.28. The molecule has 4 heteroatoms. The monoisotopic (exact) mass is 227 g/mol. The maximum absolute atomic E-state index is 5.85. The van der Waals surface area contributed by atoms with Gasteiger partial charge in [-0.15, -0.1) is 0 Å². The minimum Gasteiger partial charge on any atom is -0.478 e. The van der Waals surface area contributed by atoms with E-state index in [0.717, 1.165) is 32.1 Å². The highest BCUT2D eigenvalue weighted by Crippen LogP contribution is 2.17. The minimum absolute atomic E-state index is 0.601. The lowest BCUT2D eigenvalue weighted by molar-refractivity contribution is 0.00408. The minimum atomic E-state index is 0.601. The molecule has 1 fully saturated rings. The van der Waals surface area contributed by atoms with Gasteiger partial charge < -0.3 is 9.47 Å². The van der Waals surface area contributed by atoms with Gasteiger partial charge >= 0.3 is 0 Å². The fraction of sp³-hybridized carbons (Fsp3) is 0.455. The van der Waals surface area contributed by atoms with Crippen molar-refractivity contribution in [3.05, 3.63) is 29.3 Å². The zero-order valence-corrected chi connectivity index (χ0v) is 9.24. The number of rotatable bonds is 3. The molecule has 2 rings (SSSR count). The Labute approximate surface area is 94.5 Å². The number of halogens is 1. The van der Waals surface area contributed by atoms with Gasteiger partial charge in [-0.05, 0) is 18.2 Å². The van der Waals surface area contributed by atoms with Crippen molar-refractivity contribution in [3.63, 3.8) is 0 Å². The first-order chi connectivity index (χ1) is 7.34. The van der Waals surface area contributed by atoms with Crippen molar-refractivity contribution in [1.29, 1.82) is 0 Å². The summed E-state index contributed by atoms with van der Waals surface area (Å²) in [6.45, 7) is 4.04. The number of nitrogens with zero attached hydrogens (tertiary/aromatic N) is 1. The van der Waals surface area contributed by atoms with Crippen LogP contribution in [0.3, 0.4) is 0 Å². The summed E-state index contributed by atoms with van der Waals surface area (Å²) >= 11 is 5.85. The number of ether oxygens (including phenoxy) is 2. The van der Waals surface area contributed by atoms with E-state index in [9.17, 15) is 0 Å². The van der Waals surface area contributed by atoms with E-state index in [1.165, 1.54) is 0 Å². The third-order valence-corrected chi connectivity index (χ3v) is 2.55. The van der Waals surface area contributed by atoms with E-state index in [1.807, 2.05) is 24.3 Å². The highest BCUT2D eigenvalue weighted by Gasteiger charge is 2.10. The summed E-state index contributed by atoms with van der Waals surface area (Å²) in [6, 6.07) is 7.45. The predicted octanol–water partition coefficient (Wildman–Crippen LogP) is 2.01. The second-order valence-electron chi connectivity index (χ2n) is 3.46. The SMILES string of the molecule is Clc1cccc(OCN2CCOCC2)c1. The lowest BCUT2D eigenvalue weighted by atomic mass is 10.3. The summed E-state index contributed by atoms with van der Waals surface area (Å²) in [5.41, 5.74) is 0. The van der Waals surface area contributed by atoms with Gasteiger partial charge in [0, 0.05) is 18.1 Å². The van der Waals surface area contributed by atoms with Crippen LogP contribution >= 0.6 is 11.6 Å². The van der Waals surface area contributed by atoms with E-state index in [-0.39, 0.29) is 0 Å². The predicted molar refractivity (Wildman–Crippen MR) is 59.3 cm³/mol. The molecule has 0 bridgehead atoms. The van der Waals surface area contributed by atoms with Crippen LogP contribution < -0.4 is 4.74 Å². The Kier molecular flexibility index (Phi) is 3.83. The van der Waals surface area contributed by atoms with E-state index in [0.29, 0.717) is 11.8 Å². The summed E-state index contributed by atoms with van der Waals surface area (Å²) < 4.78 is 10.9. The molecule has 0 aromatic heterocycles. The van der Waals surface area contributed by atoms with Gasteiger partial charge in [0.1, 0.15) is 12.5 Å². The second-order valence-corrected chi connectivity index (χ2v) is 3.90. The maximum atomic E-state index is 5.85. The Balaban J connectivity index is 1.81. The molecule has 1 aliphatic rings. The van der Waals surface area contributed by atoms with Crippen LogP contribution in [-0.2, 0) is 4.74 Å². The Morgan fingerprint density at radius 2 is 2.13 bits per heavy atom. The van der Waals surface area contributed by atoms with Gasteiger partial charge in [-0.2, -0.15) is 0 Å². The molecule has 1 aliphatic heterocycles. The van der Waals surface area contributed by atoms with Crippen molar-refractivity contribution >= 4 is 11.6 Å². The maximum Gasteiger partial charge on any atom is 0.142 e. The molecule has 1 aromatic carbocycles. The quantitative estimate of drug-likeness (QED) is 0.789. The molecular weight excluding hydrogens is 214 g/mol. The lowest BCUT2D eigenvalue weighted by Gasteiger charge is -2.26. The third kappa shape index (κ3) is 3.38. The third-order valence-electron chi connectivity index (χ3n) is 2.31. The number of benzene rings is 1. The first kappa shape index (κ1) is 10.7. The normalized spacial score (nSPS) is 17.7. The Bertz CT molecular complexity index is 313. The Morgan fingerprint density at radius 1 is 1.33 bits per heavy atom. The fourth-order valence-electron chi connectivity index (χ4n) is 1.45. The van der Waals surface area contributed by atoms with Crippen LogP contribution in [-0.4, -0.2) is 37.9 Å². The van der Waals surface area contributed by atoms with E-state index in [1.54, 1.807) is 0 Å². The first-order valence-electron chi connectivity index (χ1n) is 5.03. The van der Waals surface area contributed by atoms with Crippen LogP contribution in [0.2, 0.25) is 5.02 Å². The fourth-order valence-corrected chi connectivity index (χ4v) is 1.63. The summed E-state index contributed by atoms with van der Waals surface area (Å²) in [4.78, 5) is 2.21. The zero-order chi connectivity index (χ0) is 10.5. The van der Waals surface area contributed by atoms with Crippen molar-refractivity contribution in [2.75, 3.05) is 33.0 Å². The molecular formula is C11H14ClNO2. The molecule has 0 radical (unpaired) electrons. The highest BCUT2D eigenvalue weighted by atomic mass is 35.5. The summed E-state index contributed by atoms with van der Waals surface area (Å²) in [6.07, 6.45) is 0. The van der Waals surface area contributed by atoms with E-state index in [2.05, 4.69) is 4.90 Å². The Morgan fingerprint density at radius 3 is 2.87 bits per heavy atom. The van der Waals surface area contributed by atoms with Gasteiger partial charge in [0.2, 0.25) is 0 Å². The zero-order valence-electron chi connectivity index (χ0n) is 8.49. The summed E-state index contributed by atoms with van der Waals surface area (Å²) in [5.74, 6) is 0.814. The molecule has 1 aromatic rings. The largest absolute Gasteiger partial charge is 0.478 e. The molecule has 0 N–H and O–H groups in total. The summed E-state index contributed by atoms with van der Waals surface area (Å²) in [5, 5.41) is 0.703. The topological polar surface area (TPSA) is 21.7 Å². The average molecular weight is 228 g/mol. The molecule has 1 saturated heterocycles. The second kappa shape index (κ2) is 5.35. The molecule has 82 valence electrons. The van der Waals surface area contributed by atoms with Gasteiger partial charge in [0.15, 0.2) is 0 Å². The number of morpholine rings is 1. The van der Waals surface area contributed by atoms with Gasteiger partial charge in [-0.25, -0.2) is 0 Å². The van der Waals surface area contributed by atoms with Crippen LogP contribution in [0.1, 0.15) is 0 Å². The molecule has 0 amide bonds. The molecule has 15 heavy (non-hydrogen) atoms. The molecule has 0 saturated carbocycles. The van der Waals surface area contributed by atoms with Gasteiger partial charge in [0.05, 0.1) is 13.2 Å². The van der Waals surface area contributed by atoms with Crippen molar-refractivity contribution in [2.45, 2.75) is 0 Å². The van der Waals surface area contributed by atoms with E-state index >= 15 is 0 Å². The van der Waals surface area contributed by atoms with Gasteiger partial charge in [-0.1, -0.05) is 17.7 Å². The van der Waals surface area contributed by atoms with Crippen LogP contribution in [0.5, 0.6) is 5.75 Å². The van der Waals surface area contributed by atoms with E-state index in [4.69, 9.17) is 21.1 Å². The lowest BCUT2D eigenvalue weighted by Crippen LogP contribution is -2.38. The first-order valence-corrected chi connectivity index (χ1v) is 5.41. The molecule has 0 atom stereocenters. The molecule has 0 spiro atoms. The Hall–Kier alpha value is -0.770. The highest BCUT2D eigenvalue weighted by molar-refractivity contribution is 6.30. The van der Waals surface area contributed by atoms with Crippen LogP contribution in [0, 0.1) is 0 Å². The molecule has 0 aliphatic carbocycles. The van der Waals surface area contributed by atoms with Gasteiger partial charge in [0.25, 0.3) is 0 Å². The standard InChI is InChI=1S/C11H14ClNO2/c12-10-2-1-3-11(8-10)15-9-13-4-6-14-7-5-13/h1-3,8H,4-7,9H2. The van der Waals surface area contributed by atoms with Crippen molar-refractivity contribution in [1.82, 2.24) is 4.90 Å². The summed E-state index contributed by atoms with van der Waals surface area (Å²) in [7, 11) is 0. The van der Waals surface area contributed by atoms with Crippen LogP contribution in [0.4, 0.5) is 0 Å². The van der Waals surface area contributed by atoms with E-state index < -0.39 is 0 Å². The molecule has 0 unspecified atom stereocenters. The van der Waals surface area contributed by atoms with Crippen LogP contribution in [0.15, 0.2) is 24.3 Å². The van der Waals surface area contributed by atoms with Crippen LogP contribution in [0.25, 0.3) is 0 Å². The molecule has 1 heterocycles. The number of hydrogen-bond acceptors (Lipinski definition) is 3. The van der Waals surface area contributed by atoms with Crippen molar-refractivity contribution in [3.8, 4) is 5.75 Å².